The molecule has 2 unspecified atom stereocenters. The number of hydrogen-bond acceptors (Lipinski definition) is 4. The molecule has 2 heterocycles. The van der Waals surface area contributed by atoms with Crippen LogP contribution in [0.3, 0.4) is 0 Å². The Balaban J connectivity index is 2.00. The van der Waals surface area contributed by atoms with Gasteiger partial charge < -0.3 is 5.32 Å². The Morgan fingerprint density at radius 1 is 1.31 bits per heavy atom. The van der Waals surface area contributed by atoms with Crippen molar-refractivity contribution in [2.75, 3.05) is 0 Å². The molecule has 0 saturated heterocycles. The molecule has 2 atom stereocenters. The van der Waals surface area contributed by atoms with E-state index in [9.17, 15) is 0 Å². The van der Waals surface area contributed by atoms with E-state index in [2.05, 4.69) is 40.6 Å². The highest BCUT2D eigenvalue weighted by molar-refractivity contribution is 7.07. The van der Waals surface area contributed by atoms with Gasteiger partial charge in [-0.1, -0.05) is 6.07 Å². The summed E-state index contributed by atoms with van der Waals surface area (Å²) in [6.45, 7) is 4.27. The summed E-state index contributed by atoms with van der Waals surface area (Å²) in [6, 6.07) is 4.59. The Labute approximate surface area is 99.6 Å². The minimum atomic E-state index is 0.265. The molecule has 1 N–H and O–H groups in total. The van der Waals surface area contributed by atoms with Crippen molar-refractivity contribution in [3.05, 3.63) is 46.7 Å². The fraction of sp³-hybridized carbons (Fsp3) is 0.333. The fourth-order valence-electron chi connectivity index (χ4n) is 1.62. The molecule has 0 aliphatic heterocycles. The molecule has 4 heteroatoms. The monoisotopic (exact) mass is 233 g/mol. The topological polar surface area (TPSA) is 37.8 Å². The third-order valence-corrected chi connectivity index (χ3v) is 3.18. The summed E-state index contributed by atoms with van der Waals surface area (Å²) in [5.41, 5.74) is 4.16. The number of hydrogen-bond donors (Lipinski definition) is 1. The quantitative estimate of drug-likeness (QED) is 0.882. The van der Waals surface area contributed by atoms with E-state index in [1.807, 2.05) is 17.8 Å². The van der Waals surface area contributed by atoms with Gasteiger partial charge in [-0.2, -0.15) is 0 Å². The maximum atomic E-state index is 4.30. The zero-order valence-electron chi connectivity index (χ0n) is 9.42. The van der Waals surface area contributed by atoms with Crippen LogP contribution in [0.25, 0.3) is 0 Å². The Bertz CT molecular complexity index is 413. The lowest BCUT2D eigenvalue weighted by atomic mass is 10.1. The van der Waals surface area contributed by atoms with Crippen molar-refractivity contribution in [2.24, 2.45) is 0 Å². The summed E-state index contributed by atoms with van der Waals surface area (Å²) >= 11 is 1.63. The molecule has 84 valence electrons. The molecule has 0 aliphatic rings. The molecule has 0 fully saturated rings. The maximum absolute atomic E-state index is 4.30. The van der Waals surface area contributed by atoms with Gasteiger partial charge in [-0.25, -0.2) is 4.98 Å². The smallest absolute Gasteiger partial charge is 0.0795 e. The van der Waals surface area contributed by atoms with Crippen LogP contribution in [-0.4, -0.2) is 9.97 Å². The highest BCUT2D eigenvalue weighted by Gasteiger charge is 2.12. The molecule has 2 aromatic rings. The Morgan fingerprint density at radius 2 is 2.19 bits per heavy atom. The third kappa shape index (κ3) is 2.65. The Hall–Kier alpha value is -1.26. The second-order valence-corrected chi connectivity index (χ2v) is 4.53. The van der Waals surface area contributed by atoms with Crippen LogP contribution in [0.2, 0.25) is 0 Å². The van der Waals surface area contributed by atoms with Crippen molar-refractivity contribution in [2.45, 2.75) is 25.9 Å². The van der Waals surface area contributed by atoms with Gasteiger partial charge in [-0.3, -0.25) is 4.98 Å². The summed E-state index contributed by atoms with van der Waals surface area (Å²) in [7, 11) is 0. The van der Waals surface area contributed by atoms with Gasteiger partial charge >= 0.3 is 0 Å². The minimum absolute atomic E-state index is 0.265. The van der Waals surface area contributed by atoms with E-state index in [-0.39, 0.29) is 12.1 Å². The molecule has 0 saturated carbocycles. The number of thiazole rings is 1. The van der Waals surface area contributed by atoms with E-state index in [1.165, 1.54) is 5.56 Å². The molecule has 0 spiro atoms. The van der Waals surface area contributed by atoms with Crippen LogP contribution >= 0.6 is 11.3 Å². The number of nitrogens with one attached hydrogen (secondary N) is 1. The lowest BCUT2D eigenvalue weighted by molar-refractivity contribution is 0.487. The predicted octanol–water partition coefficient (Wildman–Crippen LogP) is 2.95. The van der Waals surface area contributed by atoms with Crippen LogP contribution in [0, 0.1) is 0 Å². The normalized spacial score (nSPS) is 14.6. The number of pyridine rings is 1. The average molecular weight is 233 g/mol. The van der Waals surface area contributed by atoms with Gasteiger partial charge in [0.1, 0.15) is 0 Å². The molecule has 0 amide bonds. The highest BCUT2D eigenvalue weighted by atomic mass is 32.1. The number of aromatic nitrogens is 2. The fourth-order valence-corrected chi connectivity index (χ4v) is 2.27. The van der Waals surface area contributed by atoms with Gasteiger partial charge in [0.25, 0.3) is 0 Å². The lowest BCUT2D eigenvalue weighted by Gasteiger charge is -2.18. The number of nitrogens with zero attached hydrogens (tertiary/aromatic N) is 2. The highest BCUT2D eigenvalue weighted by Crippen LogP contribution is 2.18. The van der Waals surface area contributed by atoms with Gasteiger partial charge in [0.05, 0.1) is 11.2 Å². The lowest BCUT2D eigenvalue weighted by Crippen LogP contribution is -2.22. The van der Waals surface area contributed by atoms with E-state index in [4.69, 9.17) is 0 Å². The second kappa shape index (κ2) is 5.18. The van der Waals surface area contributed by atoms with Crippen molar-refractivity contribution in [1.29, 1.82) is 0 Å². The molecule has 2 aromatic heterocycles. The van der Waals surface area contributed by atoms with Gasteiger partial charge in [0, 0.05) is 29.9 Å². The van der Waals surface area contributed by atoms with Crippen molar-refractivity contribution in [1.82, 2.24) is 15.3 Å². The summed E-state index contributed by atoms with van der Waals surface area (Å²) in [4.78, 5) is 8.43. The summed E-state index contributed by atoms with van der Waals surface area (Å²) in [5.74, 6) is 0. The first-order valence-electron chi connectivity index (χ1n) is 5.31. The van der Waals surface area contributed by atoms with Crippen LogP contribution in [0.5, 0.6) is 0 Å². The van der Waals surface area contributed by atoms with Crippen molar-refractivity contribution in [3.63, 3.8) is 0 Å². The van der Waals surface area contributed by atoms with E-state index < -0.39 is 0 Å². The summed E-state index contributed by atoms with van der Waals surface area (Å²) < 4.78 is 0. The molecule has 3 nitrogen and oxygen atoms in total. The van der Waals surface area contributed by atoms with Crippen LogP contribution < -0.4 is 5.32 Å². The number of rotatable bonds is 4. The molecule has 0 aliphatic carbocycles. The van der Waals surface area contributed by atoms with E-state index >= 15 is 0 Å². The molecule has 0 aromatic carbocycles. The van der Waals surface area contributed by atoms with E-state index in [1.54, 1.807) is 17.5 Å². The van der Waals surface area contributed by atoms with Crippen molar-refractivity contribution < 1.29 is 0 Å². The van der Waals surface area contributed by atoms with E-state index in [0.29, 0.717) is 0 Å². The first kappa shape index (κ1) is 11.2. The predicted molar refractivity (Wildman–Crippen MR) is 66.3 cm³/mol. The zero-order valence-corrected chi connectivity index (χ0v) is 10.2. The van der Waals surface area contributed by atoms with Crippen LogP contribution in [0.15, 0.2) is 35.4 Å². The minimum Gasteiger partial charge on any atom is -0.302 e. The molecule has 0 radical (unpaired) electrons. The first-order chi connectivity index (χ1) is 7.77. The molecular formula is C12H15N3S. The van der Waals surface area contributed by atoms with Gasteiger partial charge in [0.2, 0.25) is 0 Å². The summed E-state index contributed by atoms with van der Waals surface area (Å²) in [5, 5.41) is 5.58. The standard InChI is InChI=1S/C12H15N3S/c1-9(11-4-3-5-13-6-11)15-10(2)12-7-16-8-14-12/h3-10,15H,1-2H3. The molecular weight excluding hydrogens is 218 g/mol. The largest absolute Gasteiger partial charge is 0.302 e. The van der Waals surface area contributed by atoms with Gasteiger partial charge in [-0.05, 0) is 25.5 Å². The first-order valence-corrected chi connectivity index (χ1v) is 6.25. The maximum Gasteiger partial charge on any atom is 0.0795 e. The molecule has 0 bridgehead atoms. The van der Waals surface area contributed by atoms with E-state index in [0.717, 1.165) is 5.69 Å². The van der Waals surface area contributed by atoms with Crippen molar-refractivity contribution >= 4 is 11.3 Å². The Kier molecular flexibility index (Phi) is 3.64. The Morgan fingerprint density at radius 3 is 2.81 bits per heavy atom. The van der Waals surface area contributed by atoms with Crippen LogP contribution in [-0.2, 0) is 0 Å². The van der Waals surface area contributed by atoms with Crippen molar-refractivity contribution in [3.8, 4) is 0 Å². The SMILES string of the molecule is CC(NC(C)c1cscn1)c1cccnc1. The third-order valence-electron chi connectivity index (χ3n) is 2.58. The zero-order chi connectivity index (χ0) is 11.4. The van der Waals surface area contributed by atoms with Gasteiger partial charge in [-0.15, -0.1) is 11.3 Å². The average Bonchev–Trinajstić information content (AvgIpc) is 2.83. The second-order valence-electron chi connectivity index (χ2n) is 3.81. The molecule has 16 heavy (non-hydrogen) atoms. The van der Waals surface area contributed by atoms with Crippen LogP contribution in [0.4, 0.5) is 0 Å². The molecule has 2 rings (SSSR count). The van der Waals surface area contributed by atoms with Crippen LogP contribution in [0.1, 0.15) is 37.2 Å². The summed E-state index contributed by atoms with van der Waals surface area (Å²) in [6.07, 6.45) is 3.69. The van der Waals surface area contributed by atoms with Gasteiger partial charge in [0.15, 0.2) is 0 Å².